The van der Waals surface area contributed by atoms with Crippen LogP contribution in [-0.4, -0.2) is 26.6 Å². The van der Waals surface area contributed by atoms with E-state index in [-0.39, 0.29) is 17.4 Å². The molecular weight excluding hydrogens is 262 g/mol. The van der Waals surface area contributed by atoms with Gasteiger partial charge in [0, 0.05) is 24.4 Å². The van der Waals surface area contributed by atoms with E-state index in [0.717, 1.165) is 18.7 Å². The fourth-order valence-electron chi connectivity index (χ4n) is 1.54. The number of nitro groups is 1. The molecule has 2 heterocycles. The number of anilines is 1. The van der Waals surface area contributed by atoms with Crippen molar-refractivity contribution in [3.05, 3.63) is 34.0 Å². The molecule has 0 unspecified atom stereocenters. The van der Waals surface area contributed by atoms with Crippen molar-refractivity contribution in [2.75, 3.05) is 11.9 Å². The number of hydrogen-bond acceptors (Lipinski definition) is 6. The van der Waals surface area contributed by atoms with Gasteiger partial charge in [0.15, 0.2) is 0 Å². The summed E-state index contributed by atoms with van der Waals surface area (Å²) in [5.74, 6) is 0.688. The highest BCUT2D eigenvalue weighted by Gasteiger charge is 2.19. The maximum atomic E-state index is 11.0. The van der Waals surface area contributed by atoms with Gasteiger partial charge in [-0.05, 0) is 19.4 Å². The molecule has 0 spiro atoms. The molecular formula is C12H15N5O3. The van der Waals surface area contributed by atoms with E-state index in [0.29, 0.717) is 5.82 Å². The van der Waals surface area contributed by atoms with Gasteiger partial charge in [-0.1, -0.05) is 6.92 Å². The number of nitrogens with one attached hydrogen (secondary N) is 2. The van der Waals surface area contributed by atoms with Gasteiger partial charge in [-0.15, -0.1) is 5.10 Å². The van der Waals surface area contributed by atoms with Crippen LogP contribution in [0.1, 0.15) is 19.0 Å². The fourth-order valence-corrected chi connectivity index (χ4v) is 1.54. The lowest BCUT2D eigenvalue weighted by molar-refractivity contribution is -0.386. The van der Waals surface area contributed by atoms with Crippen molar-refractivity contribution in [3.63, 3.8) is 0 Å². The number of pyridine rings is 1. The Balaban J connectivity index is 2.28. The standard InChI is InChI=1S/C12H15N5O3/c1-3-6-13-10-5-4-9(17(18)19)12(14-10)20-11-7-8(2)15-16-11/h4-5,7H,3,6H2,1-2H3,(H,13,14)(H,15,16). The second kappa shape index (κ2) is 6.00. The van der Waals surface area contributed by atoms with Crippen molar-refractivity contribution in [1.29, 1.82) is 0 Å². The van der Waals surface area contributed by atoms with Gasteiger partial charge in [0.2, 0.25) is 5.88 Å². The third-order valence-corrected chi connectivity index (χ3v) is 2.48. The Bertz CT molecular complexity index is 611. The number of hydrogen-bond donors (Lipinski definition) is 2. The van der Waals surface area contributed by atoms with Crippen LogP contribution in [0, 0.1) is 17.0 Å². The Morgan fingerprint density at radius 1 is 1.50 bits per heavy atom. The number of aromatic nitrogens is 3. The summed E-state index contributed by atoms with van der Waals surface area (Å²) < 4.78 is 5.38. The van der Waals surface area contributed by atoms with Crippen LogP contribution in [0.25, 0.3) is 0 Å². The Labute approximate surface area is 115 Å². The third-order valence-electron chi connectivity index (χ3n) is 2.48. The molecule has 2 aromatic rings. The van der Waals surface area contributed by atoms with Gasteiger partial charge in [-0.3, -0.25) is 15.2 Å². The van der Waals surface area contributed by atoms with Crippen LogP contribution in [0.15, 0.2) is 18.2 Å². The third kappa shape index (κ3) is 3.22. The molecule has 2 rings (SSSR count). The normalized spacial score (nSPS) is 10.3. The maximum absolute atomic E-state index is 11.0. The fraction of sp³-hybridized carbons (Fsp3) is 0.333. The molecule has 0 aliphatic rings. The second-order valence-electron chi connectivity index (χ2n) is 4.20. The summed E-state index contributed by atoms with van der Waals surface area (Å²) in [5.41, 5.74) is 0.593. The number of aromatic amines is 1. The Hall–Kier alpha value is -2.64. The second-order valence-corrected chi connectivity index (χ2v) is 4.20. The zero-order valence-electron chi connectivity index (χ0n) is 11.2. The summed E-state index contributed by atoms with van der Waals surface area (Å²) in [4.78, 5) is 14.6. The number of nitrogens with zero attached hydrogens (tertiary/aromatic N) is 3. The van der Waals surface area contributed by atoms with Crippen molar-refractivity contribution in [2.24, 2.45) is 0 Å². The molecule has 106 valence electrons. The van der Waals surface area contributed by atoms with Crippen LogP contribution in [0.5, 0.6) is 11.8 Å². The van der Waals surface area contributed by atoms with Gasteiger partial charge in [0.25, 0.3) is 0 Å². The SMILES string of the molecule is CCCNc1ccc([N+](=O)[O-])c(Oc2cc(C)[nH]n2)n1. The van der Waals surface area contributed by atoms with Crippen molar-refractivity contribution in [3.8, 4) is 11.8 Å². The average molecular weight is 277 g/mol. The van der Waals surface area contributed by atoms with Crippen LogP contribution in [0.2, 0.25) is 0 Å². The van der Waals surface area contributed by atoms with Crippen molar-refractivity contribution in [1.82, 2.24) is 15.2 Å². The molecule has 2 aromatic heterocycles. The first-order chi connectivity index (χ1) is 9.60. The molecule has 0 aromatic carbocycles. The molecule has 0 fully saturated rings. The highest BCUT2D eigenvalue weighted by molar-refractivity contribution is 5.50. The summed E-state index contributed by atoms with van der Waals surface area (Å²) in [5, 5.41) is 20.6. The van der Waals surface area contributed by atoms with E-state index in [9.17, 15) is 10.1 Å². The van der Waals surface area contributed by atoms with Gasteiger partial charge >= 0.3 is 11.6 Å². The largest absolute Gasteiger partial charge is 0.413 e. The molecule has 8 nitrogen and oxygen atoms in total. The molecule has 0 aliphatic carbocycles. The van der Waals surface area contributed by atoms with Crippen LogP contribution < -0.4 is 10.1 Å². The van der Waals surface area contributed by atoms with E-state index in [4.69, 9.17) is 4.74 Å². The smallest absolute Gasteiger partial charge is 0.331 e. The van der Waals surface area contributed by atoms with Gasteiger partial charge in [0.1, 0.15) is 5.82 Å². The predicted molar refractivity (Wildman–Crippen MR) is 73.1 cm³/mol. The van der Waals surface area contributed by atoms with Gasteiger partial charge in [0.05, 0.1) is 4.92 Å². The molecule has 0 bridgehead atoms. The highest BCUT2D eigenvalue weighted by atomic mass is 16.6. The first-order valence-corrected chi connectivity index (χ1v) is 6.19. The van der Waals surface area contributed by atoms with Gasteiger partial charge in [-0.25, -0.2) is 0 Å². The summed E-state index contributed by atoms with van der Waals surface area (Å²) in [6.07, 6.45) is 0.924. The maximum Gasteiger partial charge on any atom is 0.331 e. The molecule has 0 saturated heterocycles. The topological polar surface area (TPSA) is 106 Å². The average Bonchev–Trinajstić information content (AvgIpc) is 2.81. The molecule has 0 atom stereocenters. The number of rotatable bonds is 6. The number of ether oxygens (including phenoxy) is 1. The number of H-pyrrole nitrogens is 1. The van der Waals surface area contributed by atoms with Crippen molar-refractivity contribution in [2.45, 2.75) is 20.3 Å². The molecule has 0 aliphatic heterocycles. The van der Waals surface area contributed by atoms with E-state index < -0.39 is 4.92 Å². The summed E-state index contributed by atoms with van der Waals surface area (Å²) >= 11 is 0. The molecule has 0 amide bonds. The van der Waals surface area contributed by atoms with Crippen LogP contribution in [0.3, 0.4) is 0 Å². The summed E-state index contributed by atoms with van der Waals surface area (Å²) in [6, 6.07) is 4.55. The van der Waals surface area contributed by atoms with Gasteiger partial charge < -0.3 is 10.1 Å². The Kier molecular flexibility index (Phi) is 4.14. The lowest BCUT2D eigenvalue weighted by Gasteiger charge is -2.06. The van der Waals surface area contributed by atoms with E-state index in [1.165, 1.54) is 6.07 Å². The van der Waals surface area contributed by atoms with Crippen LogP contribution in [0.4, 0.5) is 11.5 Å². The van der Waals surface area contributed by atoms with Crippen molar-refractivity contribution < 1.29 is 9.66 Å². The van der Waals surface area contributed by atoms with E-state index in [1.54, 1.807) is 19.1 Å². The number of aryl methyl sites for hydroxylation is 1. The summed E-state index contributed by atoms with van der Waals surface area (Å²) in [6.45, 7) is 4.55. The molecule has 20 heavy (non-hydrogen) atoms. The van der Waals surface area contributed by atoms with Crippen LogP contribution in [-0.2, 0) is 0 Å². The Morgan fingerprint density at radius 3 is 2.90 bits per heavy atom. The zero-order chi connectivity index (χ0) is 14.5. The lowest BCUT2D eigenvalue weighted by Crippen LogP contribution is -2.04. The van der Waals surface area contributed by atoms with E-state index in [1.807, 2.05) is 6.92 Å². The first kappa shape index (κ1) is 13.8. The predicted octanol–water partition coefficient (Wildman–Crippen LogP) is 2.64. The first-order valence-electron chi connectivity index (χ1n) is 6.19. The van der Waals surface area contributed by atoms with Crippen LogP contribution >= 0.6 is 0 Å². The molecule has 0 radical (unpaired) electrons. The minimum absolute atomic E-state index is 0.0809. The summed E-state index contributed by atoms with van der Waals surface area (Å²) in [7, 11) is 0. The van der Waals surface area contributed by atoms with Crippen molar-refractivity contribution >= 4 is 11.5 Å². The van der Waals surface area contributed by atoms with E-state index in [2.05, 4.69) is 20.5 Å². The Morgan fingerprint density at radius 2 is 2.30 bits per heavy atom. The monoisotopic (exact) mass is 277 g/mol. The molecule has 2 N–H and O–H groups in total. The van der Waals surface area contributed by atoms with E-state index >= 15 is 0 Å². The highest BCUT2D eigenvalue weighted by Crippen LogP contribution is 2.29. The quantitative estimate of drug-likeness (QED) is 0.621. The molecule has 8 heteroatoms. The minimum Gasteiger partial charge on any atom is -0.413 e. The lowest BCUT2D eigenvalue weighted by atomic mass is 10.4. The molecule has 0 saturated carbocycles. The zero-order valence-corrected chi connectivity index (χ0v) is 11.2. The minimum atomic E-state index is -0.536. The van der Waals surface area contributed by atoms with Gasteiger partial charge in [-0.2, -0.15) is 4.98 Å².